The van der Waals surface area contributed by atoms with Crippen LogP contribution in [0.1, 0.15) is 57.1 Å². The van der Waals surface area contributed by atoms with E-state index in [-0.39, 0.29) is 48.2 Å². The van der Waals surface area contributed by atoms with Crippen molar-refractivity contribution in [3.05, 3.63) is 47.7 Å². The summed E-state index contributed by atoms with van der Waals surface area (Å²) in [5, 5.41) is 5.43. The number of carbonyl (C=O) groups is 4. The Balaban J connectivity index is 1.14. The second-order valence-electron chi connectivity index (χ2n) is 10.2. The third-order valence-corrected chi connectivity index (χ3v) is 7.27. The number of amides is 3. The molecular weight excluding hydrogens is 558 g/mol. The van der Waals surface area contributed by atoms with Crippen LogP contribution < -0.4 is 20.1 Å². The first kappa shape index (κ1) is 29.4. The van der Waals surface area contributed by atoms with E-state index in [1.165, 1.54) is 25.0 Å². The quantitative estimate of drug-likeness (QED) is 0.269. The smallest absolute Gasteiger partial charge is 0.374 e. The predicted molar refractivity (Wildman–Crippen MR) is 156 cm³/mol. The molecule has 2 aromatic heterocycles. The van der Waals surface area contributed by atoms with Crippen molar-refractivity contribution < 1.29 is 33.4 Å². The summed E-state index contributed by atoms with van der Waals surface area (Å²) in [7, 11) is 6.04. The van der Waals surface area contributed by atoms with Crippen LogP contribution in [0.25, 0.3) is 0 Å². The molecule has 1 aromatic carbocycles. The van der Waals surface area contributed by atoms with E-state index in [0.29, 0.717) is 41.4 Å². The summed E-state index contributed by atoms with van der Waals surface area (Å²) >= 11 is 0. The number of esters is 1. The molecular formula is C29H33N7O7. The molecule has 2 N–H and O–H groups in total. The molecule has 0 radical (unpaired) electrons. The fourth-order valence-corrected chi connectivity index (χ4v) is 5.11. The van der Waals surface area contributed by atoms with E-state index in [4.69, 9.17) is 9.47 Å². The second-order valence-corrected chi connectivity index (χ2v) is 10.2. The van der Waals surface area contributed by atoms with E-state index in [1.54, 1.807) is 43.1 Å². The molecule has 0 spiro atoms. The van der Waals surface area contributed by atoms with Gasteiger partial charge in [0.05, 0.1) is 43.8 Å². The lowest BCUT2D eigenvalue weighted by Crippen LogP contribution is -2.35. The first-order valence-corrected chi connectivity index (χ1v) is 13.8. The zero-order chi connectivity index (χ0) is 30.7. The highest BCUT2D eigenvalue weighted by atomic mass is 16.5. The number of imidazole rings is 1. The summed E-state index contributed by atoms with van der Waals surface area (Å²) in [6.45, 7) is 0.939. The fraction of sp³-hybridized carbons (Fsp3) is 0.379. The number of aryl methyl sites for hydroxylation is 2. The van der Waals surface area contributed by atoms with Gasteiger partial charge < -0.3 is 38.9 Å². The van der Waals surface area contributed by atoms with Gasteiger partial charge >= 0.3 is 5.97 Å². The van der Waals surface area contributed by atoms with Gasteiger partial charge in [-0.25, -0.2) is 9.78 Å². The molecule has 1 atom stereocenters. The highest BCUT2D eigenvalue weighted by molar-refractivity contribution is 6.05. The third-order valence-electron chi connectivity index (χ3n) is 7.27. The maximum absolute atomic E-state index is 13.0. The number of fused-ring (bicyclic) bond motifs is 2. The monoisotopic (exact) mass is 591 g/mol. The first-order chi connectivity index (χ1) is 20.7. The van der Waals surface area contributed by atoms with Gasteiger partial charge in [-0.2, -0.15) is 0 Å². The molecule has 1 saturated heterocycles. The Morgan fingerprint density at radius 2 is 1.86 bits per heavy atom. The number of nitrogens with zero attached hydrogens (tertiary/aromatic N) is 5. The van der Waals surface area contributed by atoms with Crippen molar-refractivity contribution in [1.82, 2.24) is 19.0 Å². The lowest BCUT2D eigenvalue weighted by atomic mass is 10.1. The van der Waals surface area contributed by atoms with Gasteiger partial charge in [0.1, 0.15) is 5.69 Å². The van der Waals surface area contributed by atoms with Gasteiger partial charge in [0.15, 0.2) is 17.3 Å². The number of carbonyl (C=O) groups excluding carboxylic acids is 4. The van der Waals surface area contributed by atoms with E-state index < -0.39 is 11.9 Å². The fourth-order valence-electron chi connectivity index (χ4n) is 5.11. The minimum Gasteiger partial charge on any atom is -0.493 e. The maximum Gasteiger partial charge on any atom is 0.374 e. The van der Waals surface area contributed by atoms with Crippen molar-refractivity contribution >= 4 is 47.1 Å². The van der Waals surface area contributed by atoms with Crippen molar-refractivity contribution in [2.75, 3.05) is 38.0 Å². The van der Waals surface area contributed by atoms with Crippen LogP contribution in [0.3, 0.4) is 0 Å². The van der Waals surface area contributed by atoms with E-state index in [0.717, 1.165) is 12.8 Å². The second kappa shape index (κ2) is 12.4. The van der Waals surface area contributed by atoms with Crippen LogP contribution in [-0.4, -0.2) is 82.3 Å². The lowest BCUT2D eigenvalue weighted by Gasteiger charge is -2.20. The van der Waals surface area contributed by atoms with Gasteiger partial charge in [-0.15, -0.1) is 0 Å². The largest absolute Gasteiger partial charge is 0.493 e. The molecule has 14 heteroatoms. The molecule has 5 rings (SSSR count). The molecule has 14 nitrogen and oxygen atoms in total. The zero-order valence-corrected chi connectivity index (χ0v) is 24.4. The van der Waals surface area contributed by atoms with Crippen LogP contribution in [0, 0.1) is 0 Å². The van der Waals surface area contributed by atoms with Crippen LogP contribution >= 0.6 is 0 Å². The first-order valence-electron chi connectivity index (χ1n) is 13.8. The van der Waals surface area contributed by atoms with Crippen LogP contribution in [0.4, 0.5) is 17.2 Å². The van der Waals surface area contributed by atoms with E-state index in [1.807, 2.05) is 11.1 Å². The van der Waals surface area contributed by atoms with Gasteiger partial charge in [-0.1, -0.05) is 0 Å². The third kappa shape index (κ3) is 6.22. The summed E-state index contributed by atoms with van der Waals surface area (Å²) in [6, 6.07) is 4.90. The SMILES string of the molecule is COC(=O)c1nc(NC(=O)c2cc(NC(=O)CCCOc3cc4c(cc3OC)C(=O)N3CCC[C@H]3C=N4)cn2C)cn1C. The maximum atomic E-state index is 13.0. The molecule has 43 heavy (non-hydrogen) atoms. The molecule has 0 saturated carbocycles. The number of anilines is 2. The molecule has 4 heterocycles. The highest BCUT2D eigenvalue weighted by Gasteiger charge is 2.32. The molecule has 0 aliphatic carbocycles. The molecule has 2 aliphatic rings. The average molecular weight is 592 g/mol. The Hall–Kier alpha value is -5.14. The van der Waals surface area contributed by atoms with Crippen molar-refractivity contribution in [3.63, 3.8) is 0 Å². The van der Waals surface area contributed by atoms with Crippen LogP contribution in [-0.2, 0) is 23.6 Å². The topological polar surface area (TPSA) is 158 Å². The molecule has 3 amide bonds. The number of benzene rings is 1. The Morgan fingerprint density at radius 1 is 1.05 bits per heavy atom. The van der Waals surface area contributed by atoms with Gasteiger partial charge in [0.2, 0.25) is 11.7 Å². The number of hydrogen-bond donors (Lipinski definition) is 2. The van der Waals surface area contributed by atoms with Crippen molar-refractivity contribution in [2.45, 2.75) is 31.7 Å². The molecule has 226 valence electrons. The summed E-state index contributed by atoms with van der Waals surface area (Å²) in [6.07, 6.45) is 7.36. The van der Waals surface area contributed by atoms with Crippen LogP contribution in [0.2, 0.25) is 0 Å². The van der Waals surface area contributed by atoms with E-state index in [9.17, 15) is 19.2 Å². The Morgan fingerprint density at radius 3 is 2.63 bits per heavy atom. The summed E-state index contributed by atoms with van der Waals surface area (Å²) in [5.41, 5.74) is 1.74. The Kier molecular flexibility index (Phi) is 8.46. The van der Waals surface area contributed by atoms with Gasteiger partial charge in [0, 0.05) is 51.7 Å². The highest BCUT2D eigenvalue weighted by Crippen LogP contribution is 2.38. The number of methoxy groups -OCH3 is 2. The minimum atomic E-state index is -0.625. The normalized spacial score (nSPS) is 15.4. The number of nitrogens with one attached hydrogen (secondary N) is 2. The molecule has 3 aromatic rings. The number of rotatable bonds is 10. The number of ether oxygens (including phenoxy) is 3. The minimum absolute atomic E-state index is 0.00552. The van der Waals surface area contributed by atoms with Crippen LogP contribution in [0.5, 0.6) is 11.5 Å². The van der Waals surface area contributed by atoms with Gasteiger partial charge in [0.25, 0.3) is 11.8 Å². The molecule has 1 fully saturated rings. The summed E-state index contributed by atoms with van der Waals surface area (Å²) < 4.78 is 19.1. The summed E-state index contributed by atoms with van der Waals surface area (Å²) in [4.78, 5) is 60.7. The molecule has 2 aliphatic heterocycles. The average Bonchev–Trinajstić information content (AvgIpc) is 3.69. The zero-order valence-electron chi connectivity index (χ0n) is 24.4. The Bertz CT molecular complexity index is 1610. The summed E-state index contributed by atoms with van der Waals surface area (Å²) in [5.74, 6) is -0.311. The number of hydrogen-bond acceptors (Lipinski definition) is 9. The van der Waals surface area contributed by atoms with Crippen molar-refractivity contribution in [1.29, 1.82) is 0 Å². The molecule has 0 unspecified atom stereocenters. The number of aromatic nitrogens is 3. The lowest BCUT2D eigenvalue weighted by molar-refractivity contribution is -0.116. The van der Waals surface area contributed by atoms with Gasteiger partial charge in [-0.3, -0.25) is 19.4 Å². The standard InChI is InChI=1S/C29H33N7O7/c1-34-15-17(11-21(34)27(38)33-24-16-35(2)26(32-24)29(40)42-4)31-25(37)8-6-10-43-23-13-20-19(12-22(23)41-3)28(39)36-9-5-7-18(36)14-30-20/h11-16,18H,5-10H2,1-4H3,(H,31,37)(H,33,38)/t18-/m0/s1. The van der Waals surface area contributed by atoms with Gasteiger partial charge in [-0.05, 0) is 31.4 Å². The van der Waals surface area contributed by atoms with E-state index in [2.05, 4.69) is 25.3 Å². The van der Waals surface area contributed by atoms with Crippen molar-refractivity contribution in [2.24, 2.45) is 19.1 Å². The van der Waals surface area contributed by atoms with Crippen LogP contribution in [0.15, 0.2) is 35.6 Å². The molecule has 0 bridgehead atoms. The predicted octanol–water partition coefficient (Wildman–Crippen LogP) is 2.92. The number of aliphatic imine (C=N–C) groups is 1. The van der Waals surface area contributed by atoms with E-state index >= 15 is 0 Å². The van der Waals surface area contributed by atoms with Crippen molar-refractivity contribution in [3.8, 4) is 11.5 Å². The Labute approximate surface area is 247 Å².